The first kappa shape index (κ1) is 23.5. The van der Waals surface area contributed by atoms with Crippen LogP contribution >= 0.6 is 23.2 Å². The van der Waals surface area contributed by atoms with E-state index in [0.29, 0.717) is 32.4 Å². The summed E-state index contributed by atoms with van der Waals surface area (Å²) in [4.78, 5) is 17.6. The number of aromatic nitrogens is 1. The Morgan fingerprint density at radius 1 is 1.11 bits per heavy atom. The number of carbonyl (C=O) groups is 1. The third-order valence-corrected chi connectivity index (χ3v) is 6.75. The molecule has 2 N–H and O–H groups in total. The van der Waals surface area contributed by atoms with Crippen molar-refractivity contribution < 1.29 is 14.3 Å². The molecule has 0 spiro atoms. The molecule has 1 atom stereocenters. The van der Waals surface area contributed by atoms with Gasteiger partial charge in [0, 0.05) is 45.8 Å². The first-order valence-corrected chi connectivity index (χ1v) is 11.9. The van der Waals surface area contributed by atoms with Crippen molar-refractivity contribution >= 4 is 46.3 Å². The zero-order valence-electron chi connectivity index (χ0n) is 19.4. The standard InChI is InChI=1S/C27H23Cl2N3O3/c1-14-20-11-21(15-4-7-18(28)8-5-15)23(32-26(20)35-24(14)25(33)27(2,3)34)19-9-6-16(10-22(19)29)17-12-30-31-13-17/h4-12,17,31,34H,13H2,1-3H3. The largest absolute Gasteiger partial charge is 0.434 e. The average Bonchev–Trinajstić information content (AvgIpc) is 3.46. The first-order valence-electron chi connectivity index (χ1n) is 11.2. The van der Waals surface area contributed by atoms with Crippen LogP contribution in [0.15, 0.2) is 58.0 Å². The molecule has 8 heteroatoms. The third kappa shape index (κ3) is 4.33. The van der Waals surface area contributed by atoms with Gasteiger partial charge in [0.15, 0.2) is 5.76 Å². The molecule has 6 nitrogen and oxygen atoms in total. The SMILES string of the molecule is Cc1c(C(=O)C(C)(C)O)oc2nc(-c3ccc(C4C=NNC4)cc3Cl)c(-c3ccc(Cl)cc3)cc12. The summed E-state index contributed by atoms with van der Waals surface area (Å²) in [5.41, 5.74) is 6.42. The van der Waals surface area contributed by atoms with Gasteiger partial charge in [-0.15, -0.1) is 0 Å². The van der Waals surface area contributed by atoms with E-state index < -0.39 is 11.4 Å². The molecular formula is C27H23Cl2N3O3. The molecule has 0 aliphatic carbocycles. The summed E-state index contributed by atoms with van der Waals surface area (Å²) in [6.45, 7) is 5.38. The van der Waals surface area contributed by atoms with Gasteiger partial charge in [-0.3, -0.25) is 4.79 Å². The second-order valence-electron chi connectivity index (χ2n) is 9.17. The number of hydrogen-bond acceptors (Lipinski definition) is 6. The summed E-state index contributed by atoms with van der Waals surface area (Å²) >= 11 is 12.9. The Morgan fingerprint density at radius 3 is 2.49 bits per heavy atom. The maximum absolute atomic E-state index is 12.8. The molecule has 2 aromatic heterocycles. The second kappa shape index (κ2) is 8.79. The van der Waals surface area contributed by atoms with E-state index in [1.165, 1.54) is 13.8 Å². The number of hydrogen-bond donors (Lipinski definition) is 2. The Bertz CT molecular complexity index is 1480. The highest BCUT2D eigenvalue weighted by atomic mass is 35.5. The molecule has 1 aliphatic rings. The van der Waals surface area contributed by atoms with Crippen LogP contribution in [0, 0.1) is 6.92 Å². The predicted molar refractivity (Wildman–Crippen MR) is 140 cm³/mol. The number of nitrogens with one attached hydrogen (secondary N) is 1. The Labute approximate surface area is 212 Å². The predicted octanol–water partition coefficient (Wildman–Crippen LogP) is 6.40. The molecule has 0 fully saturated rings. The number of carbonyl (C=O) groups excluding carboxylic acids is 1. The highest BCUT2D eigenvalue weighted by Gasteiger charge is 2.31. The quantitative estimate of drug-likeness (QED) is 0.305. The Kier molecular flexibility index (Phi) is 5.91. The monoisotopic (exact) mass is 507 g/mol. The molecule has 2 aromatic carbocycles. The second-order valence-corrected chi connectivity index (χ2v) is 10.0. The summed E-state index contributed by atoms with van der Waals surface area (Å²) < 4.78 is 5.89. The van der Waals surface area contributed by atoms with Crippen LogP contribution in [0.5, 0.6) is 0 Å². The van der Waals surface area contributed by atoms with Crippen LogP contribution < -0.4 is 5.43 Å². The van der Waals surface area contributed by atoms with E-state index in [1.54, 1.807) is 6.92 Å². The molecule has 35 heavy (non-hydrogen) atoms. The molecule has 0 radical (unpaired) electrons. The van der Waals surface area contributed by atoms with E-state index in [2.05, 4.69) is 10.5 Å². The van der Waals surface area contributed by atoms with Crippen LogP contribution in [0.4, 0.5) is 0 Å². The van der Waals surface area contributed by atoms with E-state index in [4.69, 9.17) is 32.6 Å². The highest BCUT2D eigenvalue weighted by Crippen LogP contribution is 2.40. The molecule has 1 aliphatic heterocycles. The zero-order valence-corrected chi connectivity index (χ0v) is 20.9. The fourth-order valence-electron chi connectivity index (χ4n) is 4.19. The highest BCUT2D eigenvalue weighted by molar-refractivity contribution is 6.33. The van der Waals surface area contributed by atoms with Gasteiger partial charge in [-0.1, -0.05) is 47.5 Å². The van der Waals surface area contributed by atoms with Crippen molar-refractivity contribution in [2.24, 2.45) is 5.10 Å². The lowest BCUT2D eigenvalue weighted by Gasteiger charge is -2.13. The minimum Gasteiger partial charge on any atom is -0.434 e. The van der Waals surface area contributed by atoms with E-state index in [1.807, 2.05) is 54.7 Å². The van der Waals surface area contributed by atoms with E-state index in [0.717, 1.165) is 28.8 Å². The summed E-state index contributed by atoms with van der Waals surface area (Å²) in [6, 6.07) is 15.3. The number of benzene rings is 2. The van der Waals surface area contributed by atoms with Crippen LogP contribution in [0.2, 0.25) is 10.0 Å². The van der Waals surface area contributed by atoms with Gasteiger partial charge < -0.3 is 14.9 Å². The topological polar surface area (TPSA) is 87.7 Å². The minimum absolute atomic E-state index is 0.0914. The molecule has 1 unspecified atom stereocenters. The normalized spacial score (nSPS) is 15.5. The van der Waals surface area contributed by atoms with Crippen LogP contribution in [-0.4, -0.2) is 34.2 Å². The lowest BCUT2D eigenvalue weighted by molar-refractivity contribution is 0.0460. The average molecular weight is 508 g/mol. The van der Waals surface area contributed by atoms with Gasteiger partial charge in [0.2, 0.25) is 11.5 Å². The van der Waals surface area contributed by atoms with Gasteiger partial charge in [-0.2, -0.15) is 5.10 Å². The maximum atomic E-state index is 12.8. The van der Waals surface area contributed by atoms with E-state index in [9.17, 15) is 9.90 Å². The van der Waals surface area contributed by atoms with Crippen molar-refractivity contribution in [1.29, 1.82) is 0 Å². The van der Waals surface area contributed by atoms with Gasteiger partial charge in [-0.25, -0.2) is 4.98 Å². The fourth-order valence-corrected chi connectivity index (χ4v) is 4.60. The molecule has 5 rings (SSSR count). The number of ketones is 1. The number of aliphatic hydroxyl groups is 1. The Balaban J connectivity index is 1.72. The Morgan fingerprint density at radius 2 is 1.86 bits per heavy atom. The van der Waals surface area contributed by atoms with Crippen molar-refractivity contribution in [3.63, 3.8) is 0 Å². The molecule has 0 saturated heterocycles. The lowest BCUT2D eigenvalue weighted by Crippen LogP contribution is -2.31. The van der Waals surface area contributed by atoms with Crippen LogP contribution in [0.1, 0.15) is 41.4 Å². The number of hydrazone groups is 1. The molecular weight excluding hydrogens is 485 g/mol. The van der Waals surface area contributed by atoms with Gasteiger partial charge >= 0.3 is 0 Å². The zero-order chi connectivity index (χ0) is 24.9. The minimum atomic E-state index is -1.57. The molecule has 0 amide bonds. The molecule has 3 heterocycles. The van der Waals surface area contributed by atoms with Crippen LogP contribution in [0.25, 0.3) is 33.5 Å². The molecule has 178 valence electrons. The summed E-state index contributed by atoms with van der Waals surface area (Å²) in [7, 11) is 0. The fraction of sp³-hybridized carbons (Fsp3) is 0.222. The number of aryl methyl sites for hydroxylation is 1. The number of rotatable bonds is 5. The van der Waals surface area contributed by atoms with Crippen molar-refractivity contribution in [3.05, 3.63) is 75.5 Å². The molecule has 4 aromatic rings. The first-order chi connectivity index (χ1) is 16.6. The van der Waals surface area contributed by atoms with Gasteiger partial charge in [0.1, 0.15) is 5.60 Å². The number of furan rings is 1. The Hall–Kier alpha value is -3.19. The molecule has 0 bridgehead atoms. The van der Waals surface area contributed by atoms with Gasteiger partial charge in [0.25, 0.3) is 0 Å². The summed E-state index contributed by atoms with van der Waals surface area (Å²) in [5, 5.41) is 16.2. The maximum Gasteiger partial charge on any atom is 0.229 e. The molecule has 0 saturated carbocycles. The van der Waals surface area contributed by atoms with Crippen molar-refractivity contribution in [3.8, 4) is 22.4 Å². The van der Waals surface area contributed by atoms with Crippen LogP contribution in [0.3, 0.4) is 0 Å². The van der Waals surface area contributed by atoms with Crippen molar-refractivity contribution in [2.45, 2.75) is 32.3 Å². The number of halogens is 2. The lowest BCUT2D eigenvalue weighted by atomic mass is 9.94. The number of fused-ring (bicyclic) bond motifs is 1. The summed E-state index contributed by atoms with van der Waals surface area (Å²) in [6.07, 6.45) is 1.86. The van der Waals surface area contributed by atoms with Gasteiger partial charge in [0.05, 0.1) is 10.7 Å². The smallest absolute Gasteiger partial charge is 0.229 e. The third-order valence-electron chi connectivity index (χ3n) is 6.18. The van der Waals surface area contributed by atoms with Gasteiger partial charge in [-0.05, 0) is 56.2 Å². The van der Waals surface area contributed by atoms with E-state index >= 15 is 0 Å². The summed E-state index contributed by atoms with van der Waals surface area (Å²) in [5.74, 6) is -0.263. The number of nitrogens with zero attached hydrogens (tertiary/aromatic N) is 2. The van der Waals surface area contributed by atoms with Crippen molar-refractivity contribution in [1.82, 2.24) is 10.4 Å². The van der Waals surface area contributed by atoms with Crippen LogP contribution in [-0.2, 0) is 0 Å². The number of Topliss-reactive ketones (excluding diaryl/α,β-unsaturated/α-hetero) is 1. The van der Waals surface area contributed by atoms with Crippen molar-refractivity contribution in [2.75, 3.05) is 6.54 Å². The van der Waals surface area contributed by atoms with E-state index in [-0.39, 0.29) is 11.7 Å². The number of pyridine rings is 1.